The fraction of sp³-hybridized carbons (Fsp3) is 0.214. The molecule has 0 fully saturated rings. The predicted molar refractivity (Wildman–Crippen MR) is 77.2 cm³/mol. The van der Waals surface area contributed by atoms with Crippen molar-refractivity contribution in [3.63, 3.8) is 0 Å². The Labute approximate surface area is 120 Å². The number of hydrogen-bond donors (Lipinski definition) is 2. The Kier molecular flexibility index (Phi) is 4.47. The molecule has 2 N–H and O–H groups in total. The fourth-order valence-corrected chi connectivity index (χ4v) is 2.66. The van der Waals surface area contributed by atoms with E-state index in [1.54, 1.807) is 19.2 Å². The van der Waals surface area contributed by atoms with Gasteiger partial charge in [-0.05, 0) is 31.5 Å². The third-order valence-corrected chi connectivity index (χ3v) is 3.64. The lowest BCUT2D eigenvalue weighted by atomic mass is 10.2. The molecule has 0 saturated carbocycles. The van der Waals surface area contributed by atoms with E-state index in [1.807, 2.05) is 18.2 Å². The van der Waals surface area contributed by atoms with E-state index in [2.05, 4.69) is 10.3 Å². The molecule has 0 aromatic carbocycles. The number of aromatic nitrogens is 1. The standard InChI is InChI=1S/C14H14N2O3S/c1-9-8-11(14(18)19)13(20-9)16-12(17)6-5-10-4-2-3-7-15-10/h2-4,7-8H,5-6H2,1H3,(H,16,17)(H,18,19). The number of carbonyl (C=O) groups excluding carboxylic acids is 1. The number of rotatable bonds is 5. The van der Waals surface area contributed by atoms with Gasteiger partial charge < -0.3 is 10.4 Å². The van der Waals surface area contributed by atoms with Crippen LogP contribution in [0.25, 0.3) is 0 Å². The Morgan fingerprint density at radius 1 is 1.40 bits per heavy atom. The molecule has 6 heteroatoms. The van der Waals surface area contributed by atoms with Gasteiger partial charge in [0.15, 0.2) is 0 Å². The molecule has 0 radical (unpaired) electrons. The van der Waals surface area contributed by atoms with E-state index in [4.69, 9.17) is 5.11 Å². The zero-order chi connectivity index (χ0) is 14.5. The van der Waals surface area contributed by atoms with Gasteiger partial charge in [0.1, 0.15) is 5.00 Å². The Bertz CT molecular complexity index is 623. The molecular formula is C14H14N2O3S. The number of nitrogens with one attached hydrogen (secondary N) is 1. The summed E-state index contributed by atoms with van der Waals surface area (Å²) in [5.74, 6) is -1.24. The van der Waals surface area contributed by atoms with E-state index in [0.717, 1.165) is 10.6 Å². The summed E-state index contributed by atoms with van der Waals surface area (Å²) in [7, 11) is 0. The van der Waals surface area contributed by atoms with E-state index in [9.17, 15) is 9.59 Å². The van der Waals surface area contributed by atoms with Crippen molar-refractivity contribution in [2.24, 2.45) is 0 Å². The summed E-state index contributed by atoms with van der Waals surface area (Å²) in [4.78, 5) is 27.9. The van der Waals surface area contributed by atoms with Gasteiger partial charge in [-0.25, -0.2) is 4.79 Å². The third kappa shape index (κ3) is 3.64. The Morgan fingerprint density at radius 3 is 2.85 bits per heavy atom. The topological polar surface area (TPSA) is 79.3 Å². The van der Waals surface area contributed by atoms with Gasteiger partial charge in [0.2, 0.25) is 5.91 Å². The Morgan fingerprint density at radius 2 is 2.20 bits per heavy atom. The minimum atomic E-state index is -1.03. The van der Waals surface area contributed by atoms with E-state index in [0.29, 0.717) is 11.4 Å². The summed E-state index contributed by atoms with van der Waals surface area (Å²) in [6.07, 6.45) is 2.48. The van der Waals surface area contributed by atoms with Gasteiger partial charge >= 0.3 is 5.97 Å². The minimum Gasteiger partial charge on any atom is -0.478 e. The SMILES string of the molecule is Cc1cc(C(=O)O)c(NC(=O)CCc2ccccn2)s1. The molecule has 0 saturated heterocycles. The first-order valence-electron chi connectivity index (χ1n) is 6.10. The first-order valence-corrected chi connectivity index (χ1v) is 6.91. The number of anilines is 1. The van der Waals surface area contributed by atoms with E-state index in [-0.39, 0.29) is 17.9 Å². The number of thiophene rings is 1. The summed E-state index contributed by atoms with van der Waals surface area (Å²) < 4.78 is 0. The molecule has 0 atom stereocenters. The van der Waals surface area contributed by atoms with Gasteiger partial charge in [-0.2, -0.15) is 0 Å². The van der Waals surface area contributed by atoms with Crippen LogP contribution >= 0.6 is 11.3 Å². The lowest BCUT2D eigenvalue weighted by molar-refractivity contribution is -0.116. The van der Waals surface area contributed by atoms with Crippen LogP contribution < -0.4 is 5.32 Å². The molecular weight excluding hydrogens is 276 g/mol. The second-order valence-corrected chi connectivity index (χ2v) is 5.53. The molecule has 20 heavy (non-hydrogen) atoms. The van der Waals surface area contributed by atoms with Crippen LogP contribution in [0.3, 0.4) is 0 Å². The highest BCUT2D eigenvalue weighted by molar-refractivity contribution is 7.16. The first kappa shape index (κ1) is 14.2. The summed E-state index contributed by atoms with van der Waals surface area (Å²) >= 11 is 1.26. The maximum atomic E-state index is 11.8. The molecule has 0 aliphatic heterocycles. The maximum Gasteiger partial charge on any atom is 0.338 e. The number of carbonyl (C=O) groups is 2. The van der Waals surface area contributed by atoms with Crippen LogP contribution in [0, 0.1) is 6.92 Å². The number of carboxylic acid groups (broad SMARTS) is 1. The van der Waals surface area contributed by atoms with Crippen LogP contribution in [0.2, 0.25) is 0 Å². The average molecular weight is 290 g/mol. The summed E-state index contributed by atoms with van der Waals surface area (Å²) in [5, 5.41) is 12.1. The maximum absolute atomic E-state index is 11.8. The smallest absolute Gasteiger partial charge is 0.338 e. The van der Waals surface area contributed by atoms with Crippen LogP contribution in [0.5, 0.6) is 0 Å². The van der Waals surface area contributed by atoms with Crippen LogP contribution in [0.1, 0.15) is 27.3 Å². The molecule has 2 aromatic rings. The first-order chi connectivity index (χ1) is 9.56. The molecule has 0 aliphatic carbocycles. The highest BCUT2D eigenvalue weighted by Gasteiger charge is 2.15. The highest BCUT2D eigenvalue weighted by Crippen LogP contribution is 2.27. The molecule has 5 nitrogen and oxygen atoms in total. The molecule has 2 aromatic heterocycles. The number of nitrogens with zero attached hydrogens (tertiary/aromatic N) is 1. The van der Waals surface area contributed by atoms with Crippen molar-refractivity contribution in [3.05, 3.63) is 46.6 Å². The fourth-order valence-electron chi connectivity index (χ4n) is 1.74. The number of hydrogen-bond acceptors (Lipinski definition) is 4. The van der Waals surface area contributed by atoms with E-state index < -0.39 is 5.97 Å². The lowest BCUT2D eigenvalue weighted by Crippen LogP contribution is -2.13. The molecule has 2 rings (SSSR count). The second-order valence-electron chi connectivity index (χ2n) is 4.27. The van der Waals surface area contributed by atoms with Crippen molar-refractivity contribution in [1.82, 2.24) is 4.98 Å². The van der Waals surface area contributed by atoms with Crippen molar-refractivity contribution in [2.75, 3.05) is 5.32 Å². The van der Waals surface area contributed by atoms with Gasteiger partial charge in [-0.1, -0.05) is 6.07 Å². The molecule has 0 bridgehead atoms. The highest BCUT2D eigenvalue weighted by atomic mass is 32.1. The summed E-state index contributed by atoms with van der Waals surface area (Å²) in [6, 6.07) is 7.09. The molecule has 104 valence electrons. The van der Waals surface area contributed by atoms with Crippen LogP contribution in [-0.4, -0.2) is 22.0 Å². The van der Waals surface area contributed by atoms with Crippen molar-refractivity contribution >= 4 is 28.2 Å². The molecule has 1 amide bonds. The summed E-state index contributed by atoms with van der Waals surface area (Å²) in [6.45, 7) is 1.81. The largest absolute Gasteiger partial charge is 0.478 e. The number of aromatic carboxylic acids is 1. The molecule has 0 unspecified atom stereocenters. The second kappa shape index (κ2) is 6.29. The van der Waals surface area contributed by atoms with Gasteiger partial charge in [0.05, 0.1) is 5.56 Å². The van der Waals surface area contributed by atoms with Gasteiger partial charge in [0, 0.05) is 23.2 Å². The lowest BCUT2D eigenvalue weighted by Gasteiger charge is -2.04. The van der Waals surface area contributed by atoms with Gasteiger partial charge in [-0.3, -0.25) is 9.78 Å². The normalized spacial score (nSPS) is 10.2. The van der Waals surface area contributed by atoms with Crippen LogP contribution in [-0.2, 0) is 11.2 Å². The van der Waals surface area contributed by atoms with Gasteiger partial charge in [-0.15, -0.1) is 11.3 Å². The Balaban J connectivity index is 1.96. The van der Waals surface area contributed by atoms with Gasteiger partial charge in [0.25, 0.3) is 0 Å². The monoisotopic (exact) mass is 290 g/mol. The van der Waals surface area contributed by atoms with Crippen molar-refractivity contribution in [1.29, 1.82) is 0 Å². The average Bonchev–Trinajstić information content (AvgIpc) is 2.79. The molecule has 2 heterocycles. The molecule has 0 spiro atoms. The third-order valence-electron chi connectivity index (χ3n) is 2.67. The van der Waals surface area contributed by atoms with Crippen LogP contribution in [0.15, 0.2) is 30.5 Å². The molecule has 0 aliphatic rings. The zero-order valence-corrected chi connectivity index (χ0v) is 11.7. The van der Waals surface area contributed by atoms with Crippen molar-refractivity contribution < 1.29 is 14.7 Å². The van der Waals surface area contributed by atoms with E-state index >= 15 is 0 Å². The van der Waals surface area contributed by atoms with E-state index in [1.165, 1.54) is 11.3 Å². The van der Waals surface area contributed by atoms with Crippen molar-refractivity contribution in [3.8, 4) is 0 Å². The number of pyridine rings is 1. The number of aryl methyl sites for hydroxylation is 2. The summed E-state index contributed by atoms with van der Waals surface area (Å²) in [5.41, 5.74) is 0.974. The number of carboxylic acids is 1. The Hall–Kier alpha value is -2.21. The number of amides is 1. The zero-order valence-electron chi connectivity index (χ0n) is 10.9. The van der Waals surface area contributed by atoms with Crippen molar-refractivity contribution in [2.45, 2.75) is 19.8 Å². The predicted octanol–water partition coefficient (Wildman–Crippen LogP) is 2.72. The minimum absolute atomic E-state index is 0.138. The quantitative estimate of drug-likeness (QED) is 0.887. The van der Waals surface area contributed by atoms with Crippen LogP contribution in [0.4, 0.5) is 5.00 Å².